The van der Waals surface area contributed by atoms with E-state index in [0.717, 1.165) is 12.2 Å². The highest BCUT2D eigenvalue weighted by atomic mass is 16.1. The van der Waals surface area contributed by atoms with Crippen LogP contribution in [-0.4, -0.2) is 21.1 Å². The van der Waals surface area contributed by atoms with Gasteiger partial charge in [0.05, 0.1) is 6.04 Å². The molecule has 1 aromatic heterocycles. The number of hydrogen-bond acceptors (Lipinski definition) is 3. The molecular formula is C14H18N4O. The van der Waals surface area contributed by atoms with Crippen LogP contribution < -0.4 is 5.32 Å². The second-order valence-electron chi connectivity index (χ2n) is 4.54. The van der Waals surface area contributed by atoms with Crippen LogP contribution in [0.3, 0.4) is 0 Å². The monoisotopic (exact) mass is 258 g/mol. The lowest BCUT2D eigenvalue weighted by atomic mass is 10.1. The Morgan fingerprint density at radius 2 is 2.00 bits per heavy atom. The molecule has 1 aromatic carbocycles. The average molecular weight is 258 g/mol. The Hall–Kier alpha value is -2.17. The quantitative estimate of drug-likeness (QED) is 0.883. The molecule has 0 saturated heterocycles. The minimum Gasteiger partial charge on any atom is -0.342 e. The molecule has 0 aliphatic carbocycles. The second-order valence-corrected chi connectivity index (χ2v) is 4.54. The van der Waals surface area contributed by atoms with Gasteiger partial charge in [0.1, 0.15) is 5.82 Å². The predicted octanol–water partition coefficient (Wildman–Crippen LogP) is 2.17. The lowest BCUT2D eigenvalue weighted by Gasteiger charge is -2.11. The van der Waals surface area contributed by atoms with Gasteiger partial charge >= 0.3 is 0 Å². The van der Waals surface area contributed by atoms with E-state index in [4.69, 9.17) is 0 Å². The fourth-order valence-electron chi connectivity index (χ4n) is 1.80. The molecule has 1 atom stereocenters. The van der Waals surface area contributed by atoms with Crippen molar-refractivity contribution in [2.24, 2.45) is 0 Å². The van der Waals surface area contributed by atoms with E-state index in [1.54, 1.807) is 0 Å². The van der Waals surface area contributed by atoms with Crippen LogP contribution in [0.2, 0.25) is 0 Å². The van der Waals surface area contributed by atoms with Crippen LogP contribution in [0.15, 0.2) is 24.3 Å². The normalized spacial score (nSPS) is 12.2. The van der Waals surface area contributed by atoms with Gasteiger partial charge in [0.15, 0.2) is 5.82 Å². The fourth-order valence-corrected chi connectivity index (χ4v) is 1.80. The van der Waals surface area contributed by atoms with Crippen molar-refractivity contribution in [3.8, 4) is 0 Å². The third-order valence-corrected chi connectivity index (χ3v) is 3.00. The summed E-state index contributed by atoms with van der Waals surface area (Å²) in [6, 6.07) is 7.43. The van der Waals surface area contributed by atoms with Gasteiger partial charge in [-0.05, 0) is 38.0 Å². The SMILES string of the molecule is CCc1ccc(C(=O)NC(C)c2nnc(C)[nH]2)cc1. The van der Waals surface area contributed by atoms with Gasteiger partial charge in [-0.3, -0.25) is 4.79 Å². The van der Waals surface area contributed by atoms with Crippen LogP contribution in [-0.2, 0) is 6.42 Å². The molecule has 2 aromatic rings. The van der Waals surface area contributed by atoms with E-state index in [2.05, 4.69) is 27.4 Å². The Balaban J connectivity index is 2.03. The summed E-state index contributed by atoms with van der Waals surface area (Å²) in [6.45, 7) is 5.79. The van der Waals surface area contributed by atoms with Crippen molar-refractivity contribution in [3.05, 3.63) is 47.0 Å². The molecular weight excluding hydrogens is 240 g/mol. The number of carbonyl (C=O) groups excluding carboxylic acids is 1. The molecule has 2 N–H and O–H groups in total. The number of H-pyrrole nitrogens is 1. The van der Waals surface area contributed by atoms with E-state index in [0.29, 0.717) is 11.4 Å². The zero-order valence-corrected chi connectivity index (χ0v) is 11.4. The average Bonchev–Trinajstić information content (AvgIpc) is 2.85. The molecule has 0 fully saturated rings. The summed E-state index contributed by atoms with van der Waals surface area (Å²) in [7, 11) is 0. The number of amides is 1. The molecule has 5 heteroatoms. The van der Waals surface area contributed by atoms with Crippen molar-refractivity contribution in [3.63, 3.8) is 0 Å². The number of aromatic nitrogens is 3. The summed E-state index contributed by atoms with van der Waals surface area (Å²) < 4.78 is 0. The van der Waals surface area contributed by atoms with Crippen molar-refractivity contribution in [2.45, 2.75) is 33.2 Å². The number of aromatic amines is 1. The molecule has 19 heavy (non-hydrogen) atoms. The topological polar surface area (TPSA) is 70.7 Å². The summed E-state index contributed by atoms with van der Waals surface area (Å²) >= 11 is 0. The highest BCUT2D eigenvalue weighted by Crippen LogP contribution is 2.09. The number of aryl methyl sites for hydroxylation is 2. The third kappa shape index (κ3) is 3.19. The van der Waals surface area contributed by atoms with E-state index in [1.165, 1.54) is 5.56 Å². The first-order valence-electron chi connectivity index (χ1n) is 6.39. The molecule has 0 spiro atoms. The van der Waals surface area contributed by atoms with Gasteiger partial charge in [-0.2, -0.15) is 0 Å². The first-order chi connectivity index (χ1) is 9.10. The number of rotatable bonds is 4. The Morgan fingerprint density at radius 1 is 1.32 bits per heavy atom. The van der Waals surface area contributed by atoms with E-state index < -0.39 is 0 Å². The molecule has 100 valence electrons. The van der Waals surface area contributed by atoms with Gasteiger partial charge in [-0.15, -0.1) is 10.2 Å². The van der Waals surface area contributed by atoms with Gasteiger partial charge in [0.25, 0.3) is 5.91 Å². The highest BCUT2D eigenvalue weighted by Gasteiger charge is 2.14. The molecule has 0 aliphatic heterocycles. The molecule has 2 rings (SSSR count). The Bertz CT molecular complexity index is 559. The molecule has 0 radical (unpaired) electrons. The molecule has 1 amide bonds. The molecule has 0 saturated carbocycles. The summed E-state index contributed by atoms with van der Waals surface area (Å²) in [5.41, 5.74) is 1.87. The van der Waals surface area contributed by atoms with E-state index in [9.17, 15) is 4.79 Å². The lowest BCUT2D eigenvalue weighted by molar-refractivity contribution is 0.0938. The van der Waals surface area contributed by atoms with Crippen molar-refractivity contribution < 1.29 is 4.79 Å². The molecule has 1 unspecified atom stereocenters. The third-order valence-electron chi connectivity index (χ3n) is 3.00. The van der Waals surface area contributed by atoms with Crippen molar-refractivity contribution in [2.75, 3.05) is 0 Å². The van der Waals surface area contributed by atoms with Gasteiger partial charge < -0.3 is 10.3 Å². The molecule has 5 nitrogen and oxygen atoms in total. The van der Waals surface area contributed by atoms with Crippen molar-refractivity contribution in [1.82, 2.24) is 20.5 Å². The van der Waals surface area contributed by atoms with Gasteiger partial charge in [-0.1, -0.05) is 19.1 Å². The minimum atomic E-state index is -0.195. The standard InChI is InChI=1S/C14H18N4O/c1-4-11-5-7-12(8-6-11)14(19)15-9(2)13-16-10(3)17-18-13/h5-9H,4H2,1-3H3,(H,15,19)(H,16,17,18). The van der Waals surface area contributed by atoms with Crippen LogP contribution >= 0.6 is 0 Å². The number of hydrogen-bond donors (Lipinski definition) is 2. The zero-order chi connectivity index (χ0) is 13.8. The Labute approximate surface area is 112 Å². The van der Waals surface area contributed by atoms with Crippen LogP contribution in [0.5, 0.6) is 0 Å². The fraction of sp³-hybridized carbons (Fsp3) is 0.357. The van der Waals surface area contributed by atoms with Crippen LogP contribution in [0.25, 0.3) is 0 Å². The Kier molecular flexibility index (Phi) is 3.94. The number of nitrogens with one attached hydrogen (secondary N) is 2. The summed E-state index contributed by atoms with van der Waals surface area (Å²) in [5.74, 6) is 1.30. The Morgan fingerprint density at radius 3 is 2.53 bits per heavy atom. The van der Waals surface area contributed by atoms with Crippen LogP contribution in [0, 0.1) is 6.92 Å². The van der Waals surface area contributed by atoms with E-state index in [1.807, 2.05) is 38.1 Å². The first-order valence-corrected chi connectivity index (χ1v) is 6.39. The van der Waals surface area contributed by atoms with Gasteiger partial charge in [0, 0.05) is 5.56 Å². The summed E-state index contributed by atoms with van der Waals surface area (Å²) in [6.07, 6.45) is 0.968. The maximum Gasteiger partial charge on any atom is 0.251 e. The van der Waals surface area contributed by atoms with Crippen LogP contribution in [0.1, 0.15) is 47.5 Å². The zero-order valence-electron chi connectivity index (χ0n) is 11.4. The van der Waals surface area contributed by atoms with Crippen molar-refractivity contribution in [1.29, 1.82) is 0 Å². The lowest BCUT2D eigenvalue weighted by Crippen LogP contribution is -2.27. The van der Waals surface area contributed by atoms with E-state index >= 15 is 0 Å². The minimum absolute atomic E-state index is 0.107. The smallest absolute Gasteiger partial charge is 0.251 e. The predicted molar refractivity (Wildman–Crippen MR) is 72.8 cm³/mol. The van der Waals surface area contributed by atoms with Crippen LogP contribution in [0.4, 0.5) is 0 Å². The summed E-state index contributed by atoms with van der Waals surface area (Å²) in [5, 5.41) is 10.7. The number of benzene rings is 1. The molecule has 0 aliphatic rings. The second kappa shape index (κ2) is 5.65. The maximum atomic E-state index is 12.1. The summed E-state index contributed by atoms with van der Waals surface area (Å²) in [4.78, 5) is 15.1. The van der Waals surface area contributed by atoms with Crippen molar-refractivity contribution >= 4 is 5.91 Å². The number of carbonyl (C=O) groups is 1. The first kappa shape index (κ1) is 13.3. The largest absolute Gasteiger partial charge is 0.342 e. The number of nitrogens with zero attached hydrogens (tertiary/aromatic N) is 2. The molecule has 0 bridgehead atoms. The molecule has 1 heterocycles. The van der Waals surface area contributed by atoms with Gasteiger partial charge in [-0.25, -0.2) is 0 Å². The van der Waals surface area contributed by atoms with E-state index in [-0.39, 0.29) is 11.9 Å². The maximum absolute atomic E-state index is 12.1. The van der Waals surface area contributed by atoms with Gasteiger partial charge in [0.2, 0.25) is 0 Å². The highest BCUT2D eigenvalue weighted by molar-refractivity contribution is 5.94.